The van der Waals surface area contributed by atoms with E-state index < -0.39 is 17.2 Å². The van der Waals surface area contributed by atoms with Crippen molar-refractivity contribution in [3.05, 3.63) is 60.3 Å². The summed E-state index contributed by atoms with van der Waals surface area (Å²) in [6.07, 6.45) is 0. The molecule has 1 atom stereocenters. The maximum atomic E-state index is 12.2. The van der Waals surface area contributed by atoms with E-state index in [1.165, 1.54) is 30.2 Å². The lowest BCUT2D eigenvalue weighted by atomic mass is 10.1. The molecule has 1 heterocycles. The van der Waals surface area contributed by atoms with Gasteiger partial charge in [-0.1, -0.05) is 42.5 Å². The number of aromatic nitrogens is 1. The summed E-state index contributed by atoms with van der Waals surface area (Å²) < 4.78 is 4.88. The second-order valence-corrected chi connectivity index (χ2v) is 8.09. The van der Waals surface area contributed by atoms with Crippen LogP contribution in [0.5, 0.6) is 0 Å². The highest BCUT2D eigenvalue weighted by Crippen LogP contribution is 2.36. The molecule has 0 radical (unpaired) electrons. The minimum atomic E-state index is -0.848. The normalized spacial score (nSPS) is 11.8. The number of carboxylic acids is 1. The van der Waals surface area contributed by atoms with E-state index in [-0.39, 0.29) is 0 Å². The Bertz CT molecular complexity index is 952. The predicted octanol–water partition coefficient (Wildman–Crippen LogP) is 4.83. The minimum Gasteiger partial charge on any atom is -0.480 e. The summed E-state index contributed by atoms with van der Waals surface area (Å²) in [5.74, 6) is -1.32. The second kappa shape index (κ2) is 8.37. The van der Waals surface area contributed by atoms with Gasteiger partial charge >= 0.3 is 11.9 Å². The first-order valence-corrected chi connectivity index (χ1v) is 9.83. The summed E-state index contributed by atoms with van der Waals surface area (Å²) in [6, 6.07) is 17.1. The number of benzene rings is 2. The number of methoxy groups -OCH3 is 1. The fourth-order valence-electron chi connectivity index (χ4n) is 2.39. The number of carboxylic acid groups (broad SMARTS) is 1. The zero-order valence-electron chi connectivity index (χ0n) is 14.7. The molecule has 0 spiro atoms. The van der Waals surface area contributed by atoms with Gasteiger partial charge in [0, 0.05) is 10.5 Å². The molecule has 27 heavy (non-hydrogen) atoms. The van der Waals surface area contributed by atoms with Gasteiger partial charge in [-0.15, -0.1) is 23.1 Å². The van der Waals surface area contributed by atoms with Crippen molar-refractivity contribution < 1.29 is 19.4 Å². The number of hydrogen-bond acceptors (Lipinski definition) is 6. The quantitative estimate of drug-likeness (QED) is 0.473. The summed E-state index contributed by atoms with van der Waals surface area (Å²) in [4.78, 5) is 29.3. The number of carbonyl (C=O) groups is 2. The number of nitrogens with zero attached hydrogens (tertiary/aromatic N) is 1. The Morgan fingerprint density at radius 2 is 1.74 bits per heavy atom. The molecule has 0 aliphatic heterocycles. The highest BCUT2D eigenvalue weighted by atomic mass is 32.2. The molecular formula is C20H17NO4S2. The number of ether oxygens (including phenoxy) is 1. The van der Waals surface area contributed by atoms with Gasteiger partial charge in [0.25, 0.3) is 0 Å². The molecule has 0 amide bonds. The van der Waals surface area contributed by atoms with E-state index in [0.717, 1.165) is 20.9 Å². The first-order chi connectivity index (χ1) is 13.0. The molecule has 2 aromatic carbocycles. The number of aliphatic carboxylic acids is 1. The summed E-state index contributed by atoms with van der Waals surface area (Å²) in [5.41, 5.74) is 2.06. The van der Waals surface area contributed by atoms with Crippen molar-refractivity contribution in [2.45, 2.75) is 17.1 Å². The van der Waals surface area contributed by atoms with Crippen LogP contribution < -0.4 is 0 Å². The zero-order chi connectivity index (χ0) is 19.4. The Morgan fingerprint density at radius 3 is 2.33 bits per heavy atom. The van der Waals surface area contributed by atoms with Crippen molar-refractivity contribution in [3.8, 4) is 21.0 Å². The lowest BCUT2D eigenvalue weighted by Crippen LogP contribution is -2.10. The standard InChI is InChI=1S/C20H17NO4S2/c1-12(19(22)23)26-15-10-8-14(9-11-15)18-21-16(20(24)25-2)17(27-18)13-6-4-3-5-7-13/h3-12H,1-2H3,(H,22,23). The van der Waals surface area contributed by atoms with E-state index in [4.69, 9.17) is 9.84 Å². The largest absolute Gasteiger partial charge is 0.480 e. The summed E-state index contributed by atoms with van der Waals surface area (Å²) in [7, 11) is 1.34. The van der Waals surface area contributed by atoms with Gasteiger partial charge in [0.1, 0.15) is 10.3 Å². The van der Waals surface area contributed by atoms with Crippen LogP contribution in [0.15, 0.2) is 59.5 Å². The van der Waals surface area contributed by atoms with Gasteiger partial charge in [0.2, 0.25) is 0 Å². The number of thiazole rings is 1. The third-order valence-corrected chi connectivity index (χ3v) is 6.06. The highest BCUT2D eigenvalue weighted by Gasteiger charge is 2.21. The Hall–Kier alpha value is -2.64. The van der Waals surface area contributed by atoms with Gasteiger partial charge < -0.3 is 9.84 Å². The van der Waals surface area contributed by atoms with Gasteiger partial charge in [-0.3, -0.25) is 4.79 Å². The molecule has 3 aromatic rings. The third kappa shape index (κ3) is 4.37. The Kier molecular flexibility index (Phi) is 5.93. The van der Waals surface area contributed by atoms with Gasteiger partial charge in [-0.25, -0.2) is 9.78 Å². The highest BCUT2D eigenvalue weighted by molar-refractivity contribution is 8.00. The van der Waals surface area contributed by atoms with Crippen LogP contribution in [0.25, 0.3) is 21.0 Å². The molecule has 0 fully saturated rings. The first kappa shape index (κ1) is 19.1. The molecule has 0 aliphatic carbocycles. The molecule has 0 bridgehead atoms. The number of esters is 1. The van der Waals surface area contributed by atoms with E-state index >= 15 is 0 Å². The van der Waals surface area contributed by atoms with Gasteiger partial charge in [0.15, 0.2) is 5.69 Å². The Labute approximate surface area is 165 Å². The minimum absolute atomic E-state index is 0.293. The van der Waals surface area contributed by atoms with Crippen LogP contribution in [0.1, 0.15) is 17.4 Å². The molecule has 5 nitrogen and oxygen atoms in total. The lowest BCUT2D eigenvalue weighted by Gasteiger charge is -2.06. The van der Waals surface area contributed by atoms with Gasteiger partial charge in [0.05, 0.1) is 12.0 Å². The van der Waals surface area contributed by atoms with Crippen LogP contribution in [-0.2, 0) is 9.53 Å². The zero-order valence-corrected chi connectivity index (χ0v) is 16.3. The van der Waals surface area contributed by atoms with Gasteiger partial charge in [-0.05, 0) is 24.6 Å². The van der Waals surface area contributed by atoms with E-state index in [0.29, 0.717) is 10.7 Å². The molecular weight excluding hydrogens is 382 g/mol. The maximum absolute atomic E-state index is 12.2. The molecule has 0 aliphatic rings. The van der Waals surface area contributed by atoms with E-state index in [9.17, 15) is 9.59 Å². The molecule has 1 aromatic heterocycles. The molecule has 138 valence electrons. The van der Waals surface area contributed by atoms with Crippen molar-refractivity contribution >= 4 is 35.0 Å². The SMILES string of the molecule is COC(=O)c1nc(-c2ccc(SC(C)C(=O)O)cc2)sc1-c1ccccc1. The van der Waals surface area contributed by atoms with Crippen molar-refractivity contribution in [3.63, 3.8) is 0 Å². The van der Waals surface area contributed by atoms with Crippen LogP contribution in [0.3, 0.4) is 0 Å². The van der Waals surface area contributed by atoms with Crippen molar-refractivity contribution in [1.29, 1.82) is 0 Å². The Morgan fingerprint density at radius 1 is 1.07 bits per heavy atom. The van der Waals surface area contributed by atoms with Crippen LogP contribution in [0.4, 0.5) is 0 Å². The monoisotopic (exact) mass is 399 g/mol. The molecule has 0 saturated heterocycles. The Balaban J connectivity index is 1.94. The molecule has 0 saturated carbocycles. The van der Waals surface area contributed by atoms with Crippen LogP contribution in [-0.4, -0.2) is 34.4 Å². The molecule has 7 heteroatoms. The topological polar surface area (TPSA) is 76.5 Å². The number of hydrogen-bond donors (Lipinski definition) is 1. The predicted molar refractivity (Wildman–Crippen MR) is 107 cm³/mol. The molecule has 1 N–H and O–H groups in total. The lowest BCUT2D eigenvalue weighted by molar-refractivity contribution is -0.136. The van der Waals surface area contributed by atoms with Crippen LogP contribution in [0.2, 0.25) is 0 Å². The van der Waals surface area contributed by atoms with E-state index in [2.05, 4.69) is 4.98 Å². The third-order valence-electron chi connectivity index (χ3n) is 3.80. The number of thioether (sulfide) groups is 1. The van der Waals surface area contributed by atoms with Crippen molar-refractivity contribution in [2.75, 3.05) is 7.11 Å². The fraction of sp³-hybridized carbons (Fsp3) is 0.150. The fourth-order valence-corrected chi connectivity index (χ4v) is 4.26. The van der Waals surface area contributed by atoms with Crippen LogP contribution >= 0.6 is 23.1 Å². The number of rotatable bonds is 6. The average Bonchev–Trinajstić information content (AvgIpc) is 3.14. The van der Waals surface area contributed by atoms with Crippen LogP contribution in [0, 0.1) is 0 Å². The van der Waals surface area contributed by atoms with E-state index in [1.54, 1.807) is 6.92 Å². The van der Waals surface area contributed by atoms with Crippen molar-refractivity contribution in [2.24, 2.45) is 0 Å². The van der Waals surface area contributed by atoms with Gasteiger partial charge in [-0.2, -0.15) is 0 Å². The summed E-state index contributed by atoms with van der Waals surface area (Å²) in [6.45, 7) is 1.65. The average molecular weight is 399 g/mol. The number of carbonyl (C=O) groups excluding carboxylic acids is 1. The summed E-state index contributed by atoms with van der Waals surface area (Å²) in [5, 5.41) is 9.20. The van der Waals surface area contributed by atoms with Crippen molar-refractivity contribution in [1.82, 2.24) is 4.98 Å². The first-order valence-electron chi connectivity index (χ1n) is 8.14. The summed E-state index contributed by atoms with van der Waals surface area (Å²) >= 11 is 2.70. The second-order valence-electron chi connectivity index (χ2n) is 5.68. The van der Waals surface area contributed by atoms with E-state index in [1.807, 2.05) is 54.6 Å². The molecule has 3 rings (SSSR count). The maximum Gasteiger partial charge on any atom is 0.358 e. The smallest absolute Gasteiger partial charge is 0.358 e. The molecule has 1 unspecified atom stereocenters.